The van der Waals surface area contributed by atoms with Gasteiger partial charge in [-0.3, -0.25) is 4.98 Å². The molecular formula is C14H14N2O. The smallest absolute Gasteiger partial charge is 0.142 e. The molecule has 0 unspecified atom stereocenters. The molecule has 2 heterocycles. The van der Waals surface area contributed by atoms with Crippen molar-refractivity contribution in [3.05, 3.63) is 36.2 Å². The number of nitrogens with one attached hydrogen (secondary N) is 1. The van der Waals surface area contributed by atoms with Crippen LogP contribution in [0.4, 0.5) is 0 Å². The molecule has 3 heteroatoms. The molecule has 0 atom stereocenters. The molecule has 86 valence electrons. The van der Waals surface area contributed by atoms with Gasteiger partial charge in [-0.05, 0) is 18.6 Å². The summed E-state index contributed by atoms with van der Waals surface area (Å²) in [5.41, 5.74) is 3.27. The summed E-state index contributed by atoms with van der Waals surface area (Å²) in [5.74, 6) is 0.876. The first-order valence-electron chi connectivity index (χ1n) is 5.77. The molecule has 0 saturated heterocycles. The van der Waals surface area contributed by atoms with Crippen LogP contribution in [0.5, 0.6) is 5.75 Å². The highest BCUT2D eigenvalue weighted by Gasteiger charge is 2.10. The van der Waals surface area contributed by atoms with Crippen molar-refractivity contribution in [2.24, 2.45) is 0 Å². The van der Waals surface area contributed by atoms with E-state index in [1.165, 1.54) is 10.8 Å². The molecule has 3 rings (SSSR count). The van der Waals surface area contributed by atoms with E-state index >= 15 is 0 Å². The van der Waals surface area contributed by atoms with Crippen LogP contribution in [0.2, 0.25) is 0 Å². The molecule has 0 aliphatic rings. The van der Waals surface area contributed by atoms with E-state index in [2.05, 4.69) is 23.0 Å². The molecular weight excluding hydrogens is 212 g/mol. The van der Waals surface area contributed by atoms with Crippen LogP contribution < -0.4 is 4.74 Å². The zero-order valence-electron chi connectivity index (χ0n) is 9.95. The largest absolute Gasteiger partial charge is 0.495 e. The molecule has 17 heavy (non-hydrogen) atoms. The number of para-hydroxylation sites is 1. The van der Waals surface area contributed by atoms with Crippen molar-refractivity contribution in [3.63, 3.8) is 0 Å². The highest BCUT2D eigenvalue weighted by molar-refractivity contribution is 6.09. The maximum atomic E-state index is 5.38. The summed E-state index contributed by atoms with van der Waals surface area (Å²) >= 11 is 0. The number of benzene rings is 1. The minimum Gasteiger partial charge on any atom is -0.495 e. The molecule has 0 spiro atoms. The van der Waals surface area contributed by atoms with E-state index in [1.807, 2.05) is 24.4 Å². The summed E-state index contributed by atoms with van der Waals surface area (Å²) in [6.07, 6.45) is 2.79. The van der Waals surface area contributed by atoms with Gasteiger partial charge in [0.05, 0.1) is 23.8 Å². The van der Waals surface area contributed by atoms with Crippen LogP contribution >= 0.6 is 0 Å². The number of H-pyrrole nitrogens is 1. The van der Waals surface area contributed by atoms with Gasteiger partial charge < -0.3 is 9.72 Å². The number of rotatable bonds is 2. The highest BCUT2D eigenvalue weighted by Crippen LogP contribution is 2.32. The zero-order valence-corrected chi connectivity index (χ0v) is 9.95. The van der Waals surface area contributed by atoms with E-state index in [1.54, 1.807) is 7.11 Å². The number of hydrogen-bond acceptors (Lipinski definition) is 2. The molecule has 0 saturated carbocycles. The van der Waals surface area contributed by atoms with Gasteiger partial charge in [-0.1, -0.05) is 19.1 Å². The lowest BCUT2D eigenvalue weighted by Gasteiger charge is -1.99. The Kier molecular flexibility index (Phi) is 2.25. The van der Waals surface area contributed by atoms with Crippen LogP contribution in [0.1, 0.15) is 12.6 Å². The lowest BCUT2D eigenvalue weighted by molar-refractivity contribution is 0.419. The summed E-state index contributed by atoms with van der Waals surface area (Å²) in [4.78, 5) is 7.83. The Balaban J connectivity index is 2.49. The molecule has 0 bridgehead atoms. The van der Waals surface area contributed by atoms with Crippen molar-refractivity contribution in [2.45, 2.75) is 13.3 Å². The van der Waals surface area contributed by atoms with E-state index in [0.717, 1.165) is 28.9 Å². The Hall–Kier alpha value is -2.03. The number of aromatic nitrogens is 2. The van der Waals surface area contributed by atoms with Gasteiger partial charge in [0.1, 0.15) is 5.75 Å². The lowest BCUT2D eigenvalue weighted by Crippen LogP contribution is -1.87. The van der Waals surface area contributed by atoms with Crippen molar-refractivity contribution in [2.75, 3.05) is 7.11 Å². The summed E-state index contributed by atoms with van der Waals surface area (Å²) in [6, 6.07) is 8.14. The van der Waals surface area contributed by atoms with Crippen molar-refractivity contribution in [1.82, 2.24) is 9.97 Å². The zero-order chi connectivity index (χ0) is 11.8. The molecule has 3 nitrogen and oxygen atoms in total. The van der Waals surface area contributed by atoms with Gasteiger partial charge in [0.25, 0.3) is 0 Å². The lowest BCUT2D eigenvalue weighted by atomic mass is 10.1. The molecule has 0 fully saturated rings. The van der Waals surface area contributed by atoms with Crippen molar-refractivity contribution >= 4 is 21.8 Å². The molecule has 3 aromatic rings. The van der Waals surface area contributed by atoms with Crippen molar-refractivity contribution in [3.8, 4) is 5.75 Å². The average molecular weight is 226 g/mol. The fourth-order valence-corrected chi connectivity index (χ4v) is 2.32. The second-order valence-electron chi connectivity index (χ2n) is 4.04. The summed E-state index contributed by atoms with van der Waals surface area (Å²) in [6.45, 7) is 2.12. The summed E-state index contributed by atoms with van der Waals surface area (Å²) in [7, 11) is 1.69. The molecule has 2 aromatic heterocycles. The highest BCUT2D eigenvalue weighted by atomic mass is 16.5. The number of hydrogen-bond donors (Lipinski definition) is 1. The van der Waals surface area contributed by atoms with E-state index in [9.17, 15) is 0 Å². The Morgan fingerprint density at radius 1 is 1.18 bits per heavy atom. The number of aromatic amines is 1. The van der Waals surface area contributed by atoms with Gasteiger partial charge >= 0.3 is 0 Å². The van der Waals surface area contributed by atoms with E-state index in [4.69, 9.17) is 4.74 Å². The molecule has 0 radical (unpaired) electrons. The first-order chi connectivity index (χ1) is 8.35. The first kappa shape index (κ1) is 10.1. The van der Waals surface area contributed by atoms with Crippen LogP contribution in [0.25, 0.3) is 21.8 Å². The number of aryl methyl sites for hydroxylation is 1. The van der Waals surface area contributed by atoms with Crippen LogP contribution in [-0.4, -0.2) is 17.1 Å². The van der Waals surface area contributed by atoms with Crippen LogP contribution in [-0.2, 0) is 6.42 Å². The fraction of sp³-hybridized carbons (Fsp3) is 0.214. The number of nitrogens with zero attached hydrogens (tertiary/aromatic N) is 1. The van der Waals surface area contributed by atoms with E-state index in [-0.39, 0.29) is 0 Å². The topological polar surface area (TPSA) is 37.9 Å². The normalized spacial score (nSPS) is 11.2. The van der Waals surface area contributed by atoms with Crippen LogP contribution in [0, 0.1) is 0 Å². The van der Waals surface area contributed by atoms with Gasteiger partial charge in [0.2, 0.25) is 0 Å². The standard InChI is InChI=1S/C14H14N2O/c1-3-11-13-10(7-8-15-11)9-5-4-6-12(17-2)14(9)16-13/h4-8,16H,3H2,1-2H3. The number of pyridine rings is 1. The third-order valence-corrected chi connectivity index (χ3v) is 3.15. The SMILES string of the molecule is CCc1nccc2c1[nH]c1c(OC)cccc12. The summed E-state index contributed by atoms with van der Waals surface area (Å²) < 4.78 is 5.38. The van der Waals surface area contributed by atoms with Gasteiger partial charge in [-0.2, -0.15) is 0 Å². The minimum atomic E-state index is 0.876. The van der Waals surface area contributed by atoms with E-state index < -0.39 is 0 Å². The Labute approximate surface area is 99.4 Å². The monoisotopic (exact) mass is 226 g/mol. The van der Waals surface area contributed by atoms with Gasteiger partial charge in [-0.15, -0.1) is 0 Å². The minimum absolute atomic E-state index is 0.876. The maximum Gasteiger partial charge on any atom is 0.142 e. The second-order valence-corrected chi connectivity index (χ2v) is 4.04. The summed E-state index contributed by atoms with van der Waals surface area (Å²) in [5, 5.41) is 2.40. The maximum absolute atomic E-state index is 5.38. The fourth-order valence-electron chi connectivity index (χ4n) is 2.32. The number of ether oxygens (including phenoxy) is 1. The van der Waals surface area contributed by atoms with Crippen molar-refractivity contribution in [1.29, 1.82) is 0 Å². The first-order valence-corrected chi connectivity index (χ1v) is 5.77. The Morgan fingerprint density at radius 2 is 2.00 bits per heavy atom. The number of fused-ring (bicyclic) bond motifs is 3. The van der Waals surface area contributed by atoms with Crippen LogP contribution in [0.15, 0.2) is 30.5 Å². The predicted molar refractivity (Wildman–Crippen MR) is 69.5 cm³/mol. The van der Waals surface area contributed by atoms with Crippen molar-refractivity contribution < 1.29 is 4.74 Å². The Bertz CT molecular complexity index is 627. The van der Waals surface area contributed by atoms with Gasteiger partial charge in [0, 0.05) is 17.0 Å². The molecule has 0 amide bonds. The second kappa shape index (κ2) is 3.77. The van der Waals surface area contributed by atoms with Gasteiger partial charge in [-0.25, -0.2) is 0 Å². The molecule has 1 N–H and O–H groups in total. The third kappa shape index (κ3) is 1.39. The van der Waals surface area contributed by atoms with Gasteiger partial charge in [0.15, 0.2) is 0 Å². The third-order valence-electron chi connectivity index (χ3n) is 3.15. The Morgan fingerprint density at radius 3 is 2.76 bits per heavy atom. The van der Waals surface area contributed by atoms with E-state index in [0.29, 0.717) is 0 Å². The predicted octanol–water partition coefficient (Wildman–Crippen LogP) is 3.29. The van der Waals surface area contributed by atoms with Crippen LogP contribution in [0.3, 0.4) is 0 Å². The number of methoxy groups -OCH3 is 1. The molecule has 0 aliphatic heterocycles. The quantitative estimate of drug-likeness (QED) is 0.728. The average Bonchev–Trinajstić information content (AvgIpc) is 2.77. The molecule has 1 aromatic carbocycles. The molecule has 0 aliphatic carbocycles.